The van der Waals surface area contributed by atoms with Crippen molar-refractivity contribution in [2.75, 3.05) is 20.1 Å². The van der Waals surface area contributed by atoms with Crippen molar-refractivity contribution in [1.82, 2.24) is 20.0 Å². The van der Waals surface area contributed by atoms with E-state index < -0.39 is 0 Å². The van der Waals surface area contributed by atoms with E-state index in [4.69, 9.17) is 5.73 Å². The van der Waals surface area contributed by atoms with E-state index in [9.17, 15) is 9.18 Å². The summed E-state index contributed by atoms with van der Waals surface area (Å²) in [6.45, 7) is 1.91. The van der Waals surface area contributed by atoms with Gasteiger partial charge in [-0.25, -0.2) is 9.18 Å². The number of hydrogen-bond donors (Lipinski definition) is 2. The smallest absolute Gasteiger partial charge is 0.327 e. The number of nitrogens with zero attached hydrogens (tertiary/aromatic N) is 3. The van der Waals surface area contributed by atoms with E-state index in [1.54, 1.807) is 22.9 Å². The Morgan fingerprint density at radius 1 is 1.38 bits per heavy atom. The fraction of sp³-hybridized carbons (Fsp3) is 0.421. The number of likely N-dealkylation sites (N-methyl/N-ethyl adjacent to an activating group) is 1. The maximum Gasteiger partial charge on any atom is 0.327 e. The minimum absolute atomic E-state index is 0.0967. The van der Waals surface area contributed by atoms with Gasteiger partial charge in [0.25, 0.3) is 0 Å². The highest BCUT2D eigenvalue weighted by Crippen LogP contribution is 2.32. The van der Waals surface area contributed by atoms with Crippen LogP contribution in [0, 0.1) is 5.82 Å². The quantitative estimate of drug-likeness (QED) is 0.865. The van der Waals surface area contributed by atoms with Crippen LogP contribution in [0.3, 0.4) is 0 Å². The number of carbonyl (C=O) groups excluding carboxylic acids is 1. The third-order valence-corrected chi connectivity index (χ3v) is 5.23. The number of piperidine rings is 1. The van der Waals surface area contributed by atoms with Crippen molar-refractivity contribution in [2.45, 2.75) is 31.6 Å². The SMILES string of the molecule is CN1C(=O)N(Cc2cccc(F)c2)C(N2CCC[C@@H](N)C2)=C2C=CNC21. The first kappa shape index (κ1) is 16.9. The lowest BCUT2D eigenvalue weighted by atomic mass is 10.0. The predicted molar refractivity (Wildman–Crippen MR) is 97.0 cm³/mol. The van der Waals surface area contributed by atoms with Gasteiger partial charge in [0.2, 0.25) is 0 Å². The van der Waals surface area contributed by atoms with Crippen LogP contribution in [0.2, 0.25) is 0 Å². The topological polar surface area (TPSA) is 64.8 Å². The van der Waals surface area contributed by atoms with Crippen LogP contribution < -0.4 is 11.1 Å². The molecule has 4 rings (SSSR count). The summed E-state index contributed by atoms with van der Waals surface area (Å²) in [5, 5.41) is 3.23. The highest BCUT2D eigenvalue weighted by atomic mass is 19.1. The Bertz CT molecular complexity index is 777. The second-order valence-electron chi connectivity index (χ2n) is 7.14. The summed E-state index contributed by atoms with van der Waals surface area (Å²) in [7, 11) is 1.78. The fourth-order valence-electron chi connectivity index (χ4n) is 3.99. The standard InChI is InChI=1S/C19H24FN5O/c1-23-17-16(7-8-22-17)18(24-9-3-6-15(21)12-24)25(19(23)26)11-13-4-2-5-14(20)10-13/h2,4-5,7-8,10,15,17,22H,3,6,9,11-12,21H2,1H3/t15-,17?/m1/s1. The minimum atomic E-state index is -0.296. The lowest BCUT2D eigenvalue weighted by molar-refractivity contribution is 0.113. The maximum atomic E-state index is 13.6. The molecule has 0 bridgehead atoms. The molecule has 0 aliphatic carbocycles. The Hall–Kier alpha value is -2.54. The summed E-state index contributed by atoms with van der Waals surface area (Å²) >= 11 is 0. The number of fused-ring (bicyclic) bond motifs is 1. The van der Waals surface area contributed by atoms with Gasteiger partial charge in [-0.15, -0.1) is 0 Å². The number of likely N-dealkylation sites (tertiary alicyclic amines) is 1. The predicted octanol–water partition coefficient (Wildman–Crippen LogP) is 1.77. The van der Waals surface area contributed by atoms with Gasteiger partial charge in [0.15, 0.2) is 0 Å². The van der Waals surface area contributed by atoms with Crippen LogP contribution in [0.15, 0.2) is 47.9 Å². The minimum Gasteiger partial charge on any atom is -0.367 e. The largest absolute Gasteiger partial charge is 0.367 e. The molecule has 0 radical (unpaired) electrons. The van der Waals surface area contributed by atoms with E-state index in [1.165, 1.54) is 12.1 Å². The molecule has 3 heterocycles. The molecule has 2 atom stereocenters. The lowest BCUT2D eigenvalue weighted by Gasteiger charge is -2.45. The normalized spacial score (nSPS) is 25.7. The van der Waals surface area contributed by atoms with Crippen LogP contribution >= 0.6 is 0 Å². The van der Waals surface area contributed by atoms with Crippen molar-refractivity contribution in [3.63, 3.8) is 0 Å². The van der Waals surface area contributed by atoms with Crippen molar-refractivity contribution in [3.05, 3.63) is 59.3 Å². The zero-order valence-electron chi connectivity index (χ0n) is 14.9. The monoisotopic (exact) mass is 357 g/mol. The Labute approximate surface area is 152 Å². The molecule has 138 valence electrons. The third kappa shape index (κ3) is 2.92. The maximum absolute atomic E-state index is 13.6. The first-order chi connectivity index (χ1) is 12.5. The van der Waals surface area contributed by atoms with Crippen LogP contribution in [-0.2, 0) is 6.54 Å². The molecule has 26 heavy (non-hydrogen) atoms. The molecular weight excluding hydrogens is 333 g/mol. The average Bonchev–Trinajstić information content (AvgIpc) is 3.09. The number of hydrogen-bond acceptors (Lipinski definition) is 4. The summed E-state index contributed by atoms with van der Waals surface area (Å²) in [5.74, 6) is 0.591. The van der Waals surface area contributed by atoms with Gasteiger partial charge >= 0.3 is 6.03 Å². The van der Waals surface area contributed by atoms with Crippen LogP contribution in [0.4, 0.5) is 9.18 Å². The van der Waals surface area contributed by atoms with E-state index in [0.717, 1.165) is 42.9 Å². The molecular formula is C19H24FN5O. The molecule has 1 unspecified atom stereocenters. The molecule has 7 heteroatoms. The summed E-state index contributed by atoms with van der Waals surface area (Å²) in [6.07, 6.45) is 5.71. The second kappa shape index (κ2) is 6.64. The zero-order chi connectivity index (χ0) is 18.3. The first-order valence-electron chi connectivity index (χ1n) is 9.00. The van der Waals surface area contributed by atoms with E-state index in [-0.39, 0.29) is 24.1 Å². The highest BCUT2D eigenvalue weighted by molar-refractivity contribution is 5.79. The molecule has 3 N–H and O–H groups in total. The zero-order valence-corrected chi connectivity index (χ0v) is 14.9. The number of carbonyl (C=O) groups is 1. The molecule has 0 saturated carbocycles. The Morgan fingerprint density at radius 2 is 2.23 bits per heavy atom. The van der Waals surface area contributed by atoms with Crippen LogP contribution in [0.5, 0.6) is 0 Å². The molecule has 0 spiro atoms. The fourth-order valence-corrected chi connectivity index (χ4v) is 3.99. The summed E-state index contributed by atoms with van der Waals surface area (Å²) in [4.78, 5) is 18.7. The van der Waals surface area contributed by atoms with Gasteiger partial charge in [-0.2, -0.15) is 0 Å². The molecule has 1 saturated heterocycles. The molecule has 0 aromatic heterocycles. The number of urea groups is 1. The van der Waals surface area contributed by atoms with Crippen LogP contribution in [0.1, 0.15) is 18.4 Å². The number of nitrogens with one attached hydrogen (secondary N) is 1. The average molecular weight is 357 g/mol. The van der Waals surface area contributed by atoms with Gasteiger partial charge in [0, 0.05) is 31.8 Å². The highest BCUT2D eigenvalue weighted by Gasteiger charge is 2.40. The molecule has 2 amide bonds. The Balaban J connectivity index is 1.74. The molecule has 3 aliphatic rings. The van der Waals surface area contributed by atoms with Crippen molar-refractivity contribution >= 4 is 6.03 Å². The van der Waals surface area contributed by atoms with E-state index in [1.807, 2.05) is 18.3 Å². The molecule has 1 aromatic rings. The van der Waals surface area contributed by atoms with Gasteiger partial charge in [0.1, 0.15) is 17.8 Å². The van der Waals surface area contributed by atoms with E-state index in [0.29, 0.717) is 6.54 Å². The number of rotatable bonds is 3. The van der Waals surface area contributed by atoms with Crippen LogP contribution in [0.25, 0.3) is 0 Å². The van der Waals surface area contributed by atoms with Gasteiger partial charge in [-0.05, 0) is 42.8 Å². The number of amides is 2. The first-order valence-corrected chi connectivity index (χ1v) is 9.00. The van der Waals surface area contributed by atoms with Gasteiger partial charge in [-0.3, -0.25) is 4.90 Å². The Morgan fingerprint density at radius 3 is 3.00 bits per heavy atom. The summed E-state index contributed by atoms with van der Waals surface area (Å²) in [5.41, 5.74) is 8.00. The van der Waals surface area contributed by atoms with Crippen molar-refractivity contribution < 1.29 is 9.18 Å². The van der Waals surface area contributed by atoms with Crippen molar-refractivity contribution in [3.8, 4) is 0 Å². The lowest BCUT2D eigenvalue weighted by Crippen LogP contribution is -2.58. The molecule has 1 aromatic carbocycles. The number of benzene rings is 1. The number of nitrogens with two attached hydrogens (primary N) is 1. The van der Waals surface area contributed by atoms with Crippen LogP contribution in [-0.4, -0.2) is 53.1 Å². The van der Waals surface area contributed by atoms with E-state index >= 15 is 0 Å². The van der Waals surface area contributed by atoms with E-state index in [2.05, 4.69) is 10.2 Å². The van der Waals surface area contributed by atoms with Gasteiger partial charge in [-0.1, -0.05) is 12.1 Å². The molecule has 6 nitrogen and oxygen atoms in total. The Kier molecular flexibility index (Phi) is 4.32. The van der Waals surface area contributed by atoms with Gasteiger partial charge in [0.05, 0.1) is 6.54 Å². The van der Waals surface area contributed by atoms with Gasteiger partial charge < -0.3 is 20.9 Å². The summed E-state index contributed by atoms with van der Waals surface area (Å²) < 4.78 is 13.6. The van der Waals surface area contributed by atoms with Crippen molar-refractivity contribution in [2.24, 2.45) is 5.73 Å². The molecule has 1 fully saturated rings. The number of halogens is 1. The summed E-state index contributed by atoms with van der Waals surface area (Å²) in [6, 6.07) is 6.40. The molecule has 3 aliphatic heterocycles. The third-order valence-electron chi connectivity index (χ3n) is 5.23. The second-order valence-corrected chi connectivity index (χ2v) is 7.14. The van der Waals surface area contributed by atoms with Crippen molar-refractivity contribution in [1.29, 1.82) is 0 Å².